The third-order valence-corrected chi connectivity index (χ3v) is 7.76. The number of carboxylic acids is 1. The Balaban J connectivity index is 1.32. The number of benzene rings is 4. The lowest BCUT2D eigenvalue weighted by Gasteiger charge is -2.38. The molecular formula is C31H26F2N2O5S. The Morgan fingerprint density at radius 2 is 1.41 bits per heavy atom. The first-order valence-electron chi connectivity index (χ1n) is 12.8. The number of carbonyl (C=O) groups is 2. The van der Waals surface area contributed by atoms with Gasteiger partial charge in [0.2, 0.25) is 0 Å². The molecule has 2 amide bonds. The molecule has 41 heavy (non-hydrogen) atoms. The zero-order valence-corrected chi connectivity index (χ0v) is 22.5. The van der Waals surface area contributed by atoms with Crippen LogP contribution in [-0.2, 0) is 5.60 Å². The number of aliphatic hydroxyl groups is 1. The summed E-state index contributed by atoms with van der Waals surface area (Å²) in [7, 11) is 0. The maximum atomic E-state index is 13.4. The molecule has 0 spiro atoms. The number of hydrogen-bond acceptors (Lipinski definition) is 5. The van der Waals surface area contributed by atoms with Crippen LogP contribution in [0.25, 0.3) is 0 Å². The lowest BCUT2D eigenvalue weighted by Crippen LogP contribution is -2.46. The fourth-order valence-electron chi connectivity index (χ4n) is 4.53. The number of nitrogens with zero attached hydrogens (tertiary/aromatic N) is 1. The van der Waals surface area contributed by atoms with Crippen molar-refractivity contribution in [1.82, 2.24) is 4.90 Å². The van der Waals surface area contributed by atoms with E-state index in [1.807, 2.05) is 0 Å². The van der Waals surface area contributed by atoms with Gasteiger partial charge in [-0.2, -0.15) is 0 Å². The Hall–Kier alpha value is -4.41. The van der Waals surface area contributed by atoms with Gasteiger partial charge in [-0.3, -0.25) is 0 Å². The van der Waals surface area contributed by atoms with Crippen molar-refractivity contribution in [3.63, 3.8) is 0 Å². The lowest BCUT2D eigenvalue weighted by molar-refractivity contribution is -0.0157. The molecule has 210 valence electrons. The number of carboxylic acid groups (broad SMARTS) is 1. The molecule has 5 rings (SSSR count). The highest BCUT2D eigenvalue weighted by Crippen LogP contribution is 2.36. The molecule has 3 N–H and O–H groups in total. The van der Waals surface area contributed by atoms with Gasteiger partial charge in [-0.1, -0.05) is 23.9 Å². The molecule has 0 radical (unpaired) electrons. The largest absolute Gasteiger partial charge is 0.478 e. The van der Waals surface area contributed by atoms with E-state index in [1.54, 1.807) is 47.4 Å². The molecule has 0 atom stereocenters. The van der Waals surface area contributed by atoms with E-state index in [0.717, 1.165) is 4.90 Å². The lowest BCUT2D eigenvalue weighted by atomic mass is 9.84. The van der Waals surface area contributed by atoms with Crippen molar-refractivity contribution in [2.75, 3.05) is 18.4 Å². The van der Waals surface area contributed by atoms with Gasteiger partial charge >= 0.3 is 12.0 Å². The van der Waals surface area contributed by atoms with E-state index < -0.39 is 17.4 Å². The minimum Gasteiger partial charge on any atom is -0.478 e. The normalized spacial score (nSPS) is 14.4. The van der Waals surface area contributed by atoms with Crippen LogP contribution in [0.5, 0.6) is 11.5 Å². The van der Waals surface area contributed by atoms with Crippen molar-refractivity contribution in [3.05, 3.63) is 114 Å². The Kier molecular flexibility index (Phi) is 8.23. The number of halogens is 2. The number of hydrogen-bond donors (Lipinski definition) is 3. The van der Waals surface area contributed by atoms with E-state index >= 15 is 0 Å². The summed E-state index contributed by atoms with van der Waals surface area (Å²) < 4.78 is 32.6. The van der Waals surface area contributed by atoms with Crippen LogP contribution in [-0.4, -0.2) is 40.2 Å². The molecular weight excluding hydrogens is 550 g/mol. The van der Waals surface area contributed by atoms with Gasteiger partial charge in [-0.25, -0.2) is 18.4 Å². The zero-order chi connectivity index (χ0) is 29.0. The molecule has 1 heterocycles. The predicted octanol–water partition coefficient (Wildman–Crippen LogP) is 7.12. The summed E-state index contributed by atoms with van der Waals surface area (Å²) in [6, 6.07) is 22.5. The summed E-state index contributed by atoms with van der Waals surface area (Å²) in [5, 5.41) is 23.1. The van der Waals surface area contributed by atoms with E-state index in [-0.39, 0.29) is 17.4 Å². The number of urea groups is 1. The number of amides is 2. The second-order valence-electron chi connectivity index (χ2n) is 9.64. The molecule has 1 aliphatic heterocycles. The number of likely N-dealkylation sites (tertiary alicyclic amines) is 1. The van der Waals surface area contributed by atoms with Gasteiger partial charge in [0.05, 0.1) is 11.2 Å². The first-order valence-corrected chi connectivity index (χ1v) is 13.6. The fraction of sp³-hybridized carbons (Fsp3) is 0.161. The van der Waals surface area contributed by atoms with E-state index in [9.17, 15) is 23.5 Å². The first kappa shape index (κ1) is 28.1. The van der Waals surface area contributed by atoms with Crippen LogP contribution >= 0.6 is 11.8 Å². The number of piperidine rings is 1. The third-order valence-electron chi connectivity index (χ3n) is 6.78. The molecule has 0 bridgehead atoms. The number of ether oxygens (including phenoxy) is 1. The fourth-order valence-corrected chi connectivity index (χ4v) is 5.44. The van der Waals surface area contributed by atoms with Crippen LogP contribution in [0.15, 0.2) is 101 Å². The Labute approximate surface area is 239 Å². The minimum atomic E-state index is -1.15. The van der Waals surface area contributed by atoms with Crippen LogP contribution < -0.4 is 10.1 Å². The Morgan fingerprint density at radius 1 is 0.805 bits per heavy atom. The second kappa shape index (κ2) is 12.0. The highest BCUT2D eigenvalue weighted by Gasteiger charge is 2.35. The maximum absolute atomic E-state index is 13.4. The average molecular weight is 577 g/mol. The average Bonchev–Trinajstić information content (AvgIpc) is 2.95. The molecule has 0 aliphatic carbocycles. The Morgan fingerprint density at radius 3 is 2.02 bits per heavy atom. The van der Waals surface area contributed by atoms with E-state index in [1.165, 1.54) is 60.3 Å². The van der Waals surface area contributed by atoms with Crippen LogP contribution in [0.3, 0.4) is 0 Å². The first-order chi connectivity index (χ1) is 19.7. The van der Waals surface area contributed by atoms with Crippen LogP contribution in [0.4, 0.5) is 19.3 Å². The predicted molar refractivity (Wildman–Crippen MR) is 151 cm³/mol. The molecule has 7 nitrogen and oxygen atoms in total. The molecule has 0 aromatic heterocycles. The number of rotatable bonds is 7. The summed E-state index contributed by atoms with van der Waals surface area (Å²) in [5.41, 5.74) is 0.0952. The quantitative estimate of drug-likeness (QED) is 0.217. The summed E-state index contributed by atoms with van der Waals surface area (Å²) in [5.74, 6) is -0.979. The SMILES string of the molecule is O=C(O)c1ccc(Sc2cc(NC(=O)N3CCC(O)(c4ccc(F)cc4)CC3)cc(Oc3ccc(F)cc3)c2)cc1. The third kappa shape index (κ3) is 7.03. The van der Waals surface area contributed by atoms with Crippen molar-refractivity contribution < 1.29 is 33.3 Å². The van der Waals surface area contributed by atoms with Crippen molar-refractivity contribution >= 4 is 29.4 Å². The van der Waals surface area contributed by atoms with Gasteiger partial charge in [-0.05, 0) is 91.2 Å². The molecule has 1 saturated heterocycles. The highest BCUT2D eigenvalue weighted by atomic mass is 32.2. The summed E-state index contributed by atoms with van der Waals surface area (Å²) in [6.07, 6.45) is 0.598. The van der Waals surface area contributed by atoms with E-state index in [2.05, 4.69) is 5.32 Å². The zero-order valence-electron chi connectivity index (χ0n) is 21.7. The monoisotopic (exact) mass is 576 g/mol. The number of anilines is 1. The molecule has 4 aromatic carbocycles. The highest BCUT2D eigenvalue weighted by molar-refractivity contribution is 7.99. The van der Waals surface area contributed by atoms with Gasteiger partial charge in [0.1, 0.15) is 23.1 Å². The van der Waals surface area contributed by atoms with Crippen molar-refractivity contribution in [3.8, 4) is 11.5 Å². The van der Waals surface area contributed by atoms with Crippen molar-refractivity contribution in [1.29, 1.82) is 0 Å². The van der Waals surface area contributed by atoms with Crippen LogP contribution in [0.1, 0.15) is 28.8 Å². The number of nitrogens with one attached hydrogen (secondary N) is 1. The van der Waals surface area contributed by atoms with Crippen molar-refractivity contribution in [2.45, 2.75) is 28.2 Å². The molecule has 1 fully saturated rings. The number of carbonyl (C=O) groups excluding carboxylic acids is 1. The van der Waals surface area contributed by atoms with Crippen molar-refractivity contribution in [2.24, 2.45) is 0 Å². The van der Waals surface area contributed by atoms with Gasteiger partial charge in [-0.15, -0.1) is 0 Å². The van der Waals surface area contributed by atoms with E-state index in [0.29, 0.717) is 53.6 Å². The molecule has 1 aliphatic rings. The van der Waals surface area contributed by atoms with Gasteiger partial charge < -0.3 is 25.2 Å². The summed E-state index contributed by atoms with van der Waals surface area (Å²) in [6.45, 7) is 0.589. The molecule has 0 unspecified atom stereocenters. The topological polar surface area (TPSA) is 99.1 Å². The smallest absolute Gasteiger partial charge is 0.335 e. The minimum absolute atomic E-state index is 0.170. The molecule has 0 saturated carbocycles. The van der Waals surface area contributed by atoms with Crippen LogP contribution in [0, 0.1) is 11.6 Å². The second-order valence-corrected chi connectivity index (χ2v) is 10.8. The van der Waals surface area contributed by atoms with Gasteiger partial charge in [0.25, 0.3) is 0 Å². The standard InChI is InChI=1S/C31H26F2N2O5S/c32-22-5-3-21(4-6-22)31(39)13-15-35(16-14-31)30(38)34-24-17-26(40-25-9-7-23(33)8-10-25)19-28(18-24)41-27-11-1-20(2-12-27)29(36)37/h1-12,17-19,39H,13-16H2,(H,34,38)(H,36,37). The summed E-state index contributed by atoms with van der Waals surface area (Å²) in [4.78, 5) is 27.5. The van der Waals surface area contributed by atoms with Crippen LogP contribution in [0.2, 0.25) is 0 Å². The summed E-state index contributed by atoms with van der Waals surface area (Å²) >= 11 is 1.35. The maximum Gasteiger partial charge on any atom is 0.335 e. The van der Waals surface area contributed by atoms with E-state index in [4.69, 9.17) is 9.84 Å². The molecule has 4 aromatic rings. The molecule has 10 heteroatoms. The van der Waals surface area contributed by atoms with Gasteiger partial charge in [0, 0.05) is 34.6 Å². The Bertz CT molecular complexity index is 1540. The van der Waals surface area contributed by atoms with Gasteiger partial charge in [0.15, 0.2) is 0 Å². The number of aromatic carboxylic acids is 1.